The summed E-state index contributed by atoms with van der Waals surface area (Å²) in [6.45, 7) is 6.69. The van der Waals surface area contributed by atoms with E-state index in [1.807, 2.05) is 13.8 Å². The molecule has 1 aliphatic rings. The first kappa shape index (κ1) is 17.8. The van der Waals surface area contributed by atoms with Gasteiger partial charge in [-0.15, -0.1) is 0 Å². The van der Waals surface area contributed by atoms with Crippen LogP contribution in [0.1, 0.15) is 65.7 Å². The molecule has 2 N–H and O–H groups in total. The molecule has 1 heterocycles. The van der Waals surface area contributed by atoms with Gasteiger partial charge in [0.1, 0.15) is 0 Å². The summed E-state index contributed by atoms with van der Waals surface area (Å²) in [7, 11) is 0. The Labute approximate surface area is 128 Å². The SMILES string of the molecule is CCCCCCC(C)NC(=O)N1CCC(C(=O)O)CC1C. The van der Waals surface area contributed by atoms with Gasteiger partial charge >= 0.3 is 12.0 Å². The van der Waals surface area contributed by atoms with E-state index < -0.39 is 5.97 Å². The average molecular weight is 298 g/mol. The maximum atomic E-state index is 12.3. The van der Waals surface area contributed by atoms with Crippen LogP contribution in [-0.2, 0) is 4.79 Å². The predicted molar refractivity (Wildman–Crippen MR) is 83.3 cm³/mol. The molecule has 0 aromatic rings. The molecule has 5 nitrogen and oxygen atoms in total. The van der Waals surface area contributed by atoms with Gasteiger partial charge in [-0.3, -0.25) is 4.79 Å². The van der Waals surface area contributed by atoms with E-state index in [0.717, 1.165) is 12.8 Å². The second kappa shape index (κ2) is 8.90. The fraction of sp³-hybridized carbons (Fsp3) is 0.875. The summed E-state index contributed by atoms with van der Waals surface area (Å²) in [6, 6.07) is 0.125. The zero-order chi connectivity index (χ0) is 15.8. The summed E-state index contributed by atoms with van der Waals surface area (Å²) < 4.78 is 0. The Morgan fingerprint density at radius 3 is 2.62 bits per heavy atom. The van der Waals surface area contributed by atoms with Gasteiger partial charge in [0.15, 0.2) is 0 Å². The van der Waals surface area contributed by atoms with Gasteiger partial charge in [0.2, 0.25) is 0 Å². The number of hydrogen-bond acceptors (Lipinski definition) is 2. The molecule has 0 spiro atoms. The van der Waals surface area contributed by atoms with Crippen LogP contribution in [0.3, 0.4) is 0 Å². The van der Waals surface area contributed by atoms with E-state index in [2.05, 4.69) is 12.2 Å². The maximum Gasteiger partial charge on any atom is 0.317 e. The summed E-state index contributed by atoms with van der Waals surface area (Å²) in [6.07, 6.45) is 6.94. The minimum atomic E-state index is -0.744. The lowest BCUT2D eigenvalue weighted by molar-refractivity contribution is -0.143. The standard InChI is InChI=1S/C16H30N2O3/c1-4-5-6-7-8-12(2)17-16(21)18-10-9-14(15(19)20)11-13(18)3/h12-14H,4-11H2,1-3H3,(H,17,21)(H,19,20). The van der Waals surface area contributed by atoms with Crippen molar-refractivity contribution in [1.82, 2.24) is 10.2 Å². The number of unbranched alkanes of at least 4 members (excludes halogenated alkanes) is 3. The Morgan fingerprint density at radius 2 is 2.05 bits per heavy atom. The highest BCUT2D eigenvalue weighted by Gasteiger charge is 2.32. The van der Waals surface area contributed by atoms with Crippen molar-refractivity contribution in [2.45, 2.75) is 77.8 Å². The number of urea groups is 1. The van der Waals surface area contributed by atoms with Crippen molar-refractivity contribution < 1.29 is 14.7 Å². The van der Waals surface area contributed by atoms with Crippen LogP contribution in [0.4, 0.5) is 4.79 Å². The number of nitrogens with zero attached hydrogens (tertiary/aromatic N) is 1. The van der Waals surface area contributed by atoms with E-state index in [0.29, 0.717) is 19.4 Å². The number of amides is 2. The highest BCUT2D eigenvalue weighted by atomic mass is 16.4. The quantitative estimate of drug-likeness (QED) is 0.709. The molecule has 0 aliphatic carbocycles. The van der Waals surface area contributed by atoms with Crippen molar-refractivity contribution >= 4 is 12.0 Å². The van der Waals surface area contributed by atoms with Gasteiger partial charge in [-0.25, -0.2) is 4.79 Å². The Bertz CT molecular complexity index is 346. The second-order valence-corrected chi connectivity index (χ2v) is 6.30. The van der Waals surface area contributed by atoms with Crippen molar-refractivity contribution in [2.75, 3.05) is 6.54 Å². The molecule has 0 aromatic carbocycles. The third-order valence-corrected chi connectivity index (χ3v) is 4.35. The summed E-state index contributed by atoms with van der Waals surface area (Å²) in [4.78, 5) is 25.0. The summed E-state index contributed by atoms with van der Waals surface area (Å²) >= 11 is 0. The van der Waals surface area contributed by atoms with Gasteiger partial charge in [0.05, 0.1) is 5.92 Å². The molecule has 0 radical (unpaired) electrons. The summed E-state index contributed by atoms with van der Waals surface area (Å²) in [5.74, 6) is -1.05. The normalized spacial score (nSPS) is 23.7. The molecule has 5 heteroatoms. The van der Waals surface area contributed by atoms with Gasteiger partial charge in [0, 0.05) is 18.6 Å². The number of aliphatic carboxylic acids is 1. The van der Waals surface area contributed by atoms with Gasteiger partial charge in [-0.2, -0.15) is 0 Å². The van der Waals surface area contributed by atoms with Crippen LogP contribution >= 0.6 is 0 Å². The molecule has 1 rings (SSSR count). The molecular weight excluding hydrogens is 268 g/mol. The second-order valence-electron chi connectivity index (χ2n) is 6.30. The zero-order valence-corrected chi connectivity index (χ0v) is 13.6. The first-order valence-electron chi connectivity index (χ1n) is 8.25. The van der Waals surface area contributed by atoms with Crippen molar-refractivity contribution in [3.8, 4) is 0 Å². The van der Waals surface area contributed by atoms with Crippen LogP contribution in [0, 0.1) is 5.92 Å². The third-order valence-electron chi connectivity index (χ3n) is 4.35. The lowest BCUT2D eigenvalue weighted by Gasteiger charge is -2.36. The monoisotopic (exact) mass is 298 g/mol. The Kier molecular flexibility index (Phi) is 7.54. The molecule has 0 bridgehead atoms. The highest BCUT2D eigenvalue weighted by Crippen LogP contribution is 2.23. The van der Waals surface area contributed by atoms with Crippen molar-refractivity contribution in [3.63, 3.8) is 0 Å². The van der Waals surface area contributed by atoms with Crippen LogP contribution < -0.4 is 5.32 Å². The van der Waals surface area contributed by atoms with Crippen LogP contribution in [0.5, 0.6) is 0 Å². The molecule has 122 valence electrons. The number of nitrogens with one attached hydrogen (secondary N) is 1. The van der Waals surface area contributed by atoms with Crippen molar-refractivity contribution in [3.05, 3.63) is 0 Å². The fourth-order valence-electron chi connectivity index (χ4n) is 2.94. The molecule has 3 unspecified atom stereocenters. The van der Waals surface area contributed by atoms with E-state index in [1.54, 1.807) is 4.90 Å². The molecule has 1 saturated heterocycles. The molecule has 0 saturated carbocycles. The number of likely N-dealkylation sites (tertiary alicyclic amines) is 1. The lowest BCUT2D eigenvalue weighted by atomic mass is 9.92. The minimum absolute atomic E-state index is 0.00728. The van der Waals surface area contributed by atoms with Crippen LogP contribution in [0.15, 0.2) is 0 Å². The molecular formula is C16H30N2O3. The predicted octanol–water partition coefficient (Wildman–Crippen LogP) is 3.24. The number of carbonyl (C=O) groups is 2. The van der Waals surface area contributed by atoms with Gasteiger partial charge in [0.25, 0.3) is 0 Å². The largest absolute Gasteiger partial charge is 0.481 e. The number of piperidine rings is 1. The van der Waals surface area contributed by atoms with Gasteiger partial charge in [-0.05, 0) is 33.1 Å². The van der Waals surface area contributed by atoms with Crippen LogP contribution in [-0.4, -0.2) is 40.6 Å². The van der Waals surface area contributed by atoms with E-state index in [1.165, 1.54) is 19.3 Å². The Balaban J connectivity index is 2.33. The number of rotatable bonds is 7. The van der Waals surface area contributed by atoms with Crippen molar-refractivity contribution in [2.24, 2.45) is 5.92 Å². The van der Waals surface area contributed by atoms with Gasteiger partial charge in [-0.1, -0.05) is 32.6 Å². The molecule has 1 aliphatic heterocycles. The van der Waals surface area contributed by atoms with E-state index in [4.69, 9.17) is 5.11 Å². The maximum absolute atomic E-state index is 12.3. The highest BCUT2D eigenvalue weighted by molar-refractivity contribution is 5.76. The lowest BCUT2D eigenvalue weighted by Crippen LogP contribution is -2.51. The molecule has 3 atom stereocenters. The summed E-state index contributed by atoms with van der Waals surface area (Å²) in [5.41, 5.74) is 0. The number of carbonyl (C=O) groups excluding carboxylic acids is 1. The molecule has 2 amide bonds. The fourth-order valence-corrected chi connectivity index (χ4v) is 2.94. The number of carboxylic acid groups (broad SMARTS) is 1. The van der Waals surface area contributed by atoms with E-state index >= 15 is 0 Å². The first-order valence-corrected chi connectivity index (χ1v) is 8.25. The van der Waals surface area contributed by atoms with Crippen molar-refractivity contribution in [1.29, 1.82) is 0 Å². The average Bonchev–Trinajstić information content (AvgIpc) is 2.43. The smallest absolute Gasteiger partial charge is 0.317 e. The zero-order valence-electron chi connectivity index (χ0n) is 13.6. The topological polar surface area (TPSA) is 69.6 Å². The molecule has 1 fully saturated rings. The molecule has 0 aromatic heterocycles. The summed E-state index contributed by atoms with van der Waals surface area (Å²) in [5, 5.41) is 12.1. The minimum Gasteiger partial charge on any atom is -0.481 e. The van der Waals surface area contributed by atoms with E-state index in [-0.39, 0.29) is 24.0 Å². The number of carboxylic acids is 1. The third kappa shape index (κ3) is 5.94. The Morgan fingerprint density at radius 1 is 1.33 bits per heavy atom. The Hall–Kier alpha value is -1.26. The molecule has 21 heavy (non-hydrogen) atoms. The number of hydrogen-bond donors (Lipinski definition) is 2. The van der Waals surface area contributed by atoms with E-state index in [9.17, 15) is 9.59 Å². The van der Waals surface area contributed by atoms with Gasteiger partial charge < -0.3 is 15.3 Å². The van der Waals surface area contributed by atoms with Crippen LogP contribution in [0.2, 0.25) is 0 Å². The van der Waals surface area contributed by atoms with Crippen LogP contribution in [0.25, 0.3) is 0 Å². The first-order chi connectivity index (χ1) is 9.95.